The van der Waals surface area contributed by atoms with Crippen LogP contribution >= 0.6 is 0 Å². The van der Waals surface area contributed by atoms with Gasteiger partial charge < -0.3 is 10.2 Å². The number of aromatic nitrogens is 1. The molecular weight excluding hydrogens is 348 g/mol. The van der Waals surface area contributed by atoms with Crippen molar-refractivity contribution in [1.29, 1.82) is 0 Å². The molecule has 1 N–H and O–H groups in total. The summed E-state index contributed by atoms with van der Waals surface area (Å²) in [5, 5.41) is 3.23. The van der Waals surface area contributed by atoms with Crippen LogP contribution in [0.5, 0.6) is 0 Å². The van der Waals surface area contributed by atoms with E-state index in [4.69, 9.17) is 0 Å². The highest BCUT2D eigenvalue weighted by Gasteiger charge is 2.29. The molecule has 148 valence electrons. The maximum absolute atomic E-state index is 12.4. The molecule has 4 rings (SSSR count). The molecule has 1 aliphatic heterocycles. The number of carbonyl (C=O) groups excluding carboxylic acids is 1. The Morgan fingerprint density at radius 3 is 2.32 bits per heavy atom. The fraction of sp³-hybridized carbons (Fsp3) is 0.478. The standard InChI is InChI=1S/C23H30N4O/c1-18-5-7-19(8-6-18)23(28)25-20-9-11-21(12-10-20)26-14-16-27(17-15-26)22-4-2-3-13-24-22/h2-8,13,20-21H,9-12,14-17H2,1H3,(H,25,28). The molecule has 1 saturated carbocycles. The van der Waals surface area contributed by atoms with Crippen LogP contribution in [0.25, 0.3) is 0 Å². The number of nitrogens with one attached hydrogen (secondary N) is 1. The van der Waals surface area contributed by atoms with Gasteiger partial charge in [-0.15, -0.1) is 0 Å². The predicted molar refractivity (Wildman–Crippen MR) is 113 cm³/mol. The van der Waals surface area contributed by atoms with Gasteiger partial charge in [0.25, 0.3) is 5.91 Å². The molecule has 0 unspecified atom stereocenters. The third-order valence-electron chi connectivity index (χ3n) is 6.15. The van der Waals surface area contributed by atoms with Gasteiger partial charge in [-0.25, -0.2) is 4.98 Å². The number of piperazine rings is 1. The fourth-order valence-corrected chi connectivity index (χ4v) is 4.42. The fourth-order valence-electron chi connectivity index (χ4n) is 4.42. The number of amides is 1. The summed E-state index contributed by atoms with van der Waals surface area (Å²) in [5.41, 5.74) is 1.94. The monoisotopic (exact) mass is 378 g/mol. The highest BCUT2D eigenvalue weighted by atomic mass is 16.1. The molecule has 1 aromatic carbocycles. The number of benzene rings is 1. The van der Waals surface area contributed by atoms with Crippen LogP contribution < -0.4 is 10.2 Å². The van der Waals surface area contributed by atoms with Crippen molar-refractivity contribution in [2.75, 3.05) is 31.1 Å². The van der Waals surface area contributed by atoms with Crippen LogP contribution in [0.15, 0.2) is 48.7 Å². The molecule has 1 amide bonds. The van der Waals surface area contributed by atoms with Crippen molar-refractivity contribution in [3.8, 4) is 0 Å². The van der Waals surface area contributed by atoms with Gasteiger partial charge in [-0.1, -0.05) is 23.8 Å². The molecule has 28 heavy (non-hydrogen) atoms. The van der Waals surface area contributed by atoms with Crippen molar-refractivity contribution in [2.24, 2.45) is 0 Å². The Hall–Kier alpha value is -2.40. The number of rotatable bonds is 4. The van der Waals surface area contributed by atoms with Crippen molar-refractivity contribution in [1.82, 2.24) is 15.2 Å². The number of hydrogen-bond acceptors (Lipinski definition) is 4. The second-order valence-electron chi connectivity index (χ2n) is 8.06. The van der Waals surface area contributed by atoms with Gasteiger partial charge in [-0.3, -0.25) is 9.69 Å². The lowest BCUT2D eigenvalue weighted by Crippen LogP contribution is -2.52. The van der Waals surface area contributed by atoms with E-state index in [1.165, 1.54) is 18.4 Å². The first-order valence-electron chi connectivity index (χ1n) is 10.5. The van der Waals surface area contributed by atoms with E-state index in [1.807, 2.05) is 43.5 Å². The minimum absolute atomic E-state index is 0.0624. The Morgan fingerprint density at radius 2 is 1.68 bits per heavy atom. The molecule has 1 saturated heterocycles. The summed E-state index contributed by atoms with van der Waals surface area (Å²) in [6, 6.07) is 14.9. The van der Waals surface area contributed by atoms with Gasteiger partial charge in [0.15, 0.2) is 0 Å². The Labute approximate surface area is 167 Å². The van der Waals surface area contributed by atoms with Crippen molar-refractivity contribution in [3.63, 3.8) is 0 Å². The van der Waals surface area contributed by atoms with Gasteiger partial charge in [0.1, 0.15) is 5.82 Å². The molecule has 0 bridgehead atoms. The summed E-state index contributed by atoms with van der Waals surface area (Å²) in [6.07, 6.45) is 6.35. The maximum Gasteiger partial charge on any atom is 0.251 e. The van der Waals surface area contributed by atoms with E-state index in [9.17, 15) is 4.79 Å². The van der Waals surface area contributed by atoms with Crippen LogP contribution in [0, 0.1) is 6.92 Å². The molecule has 2 aromatic rings. The van der Waals surface area contributed by atoms with Gasteiger partial charge in [-0.2, -0.15) is 0 Å². The van der Waals surface area contributed by atoms with E-state index in [0.717, 1.165) is 50.4 Å². The van der Waals surface area contributed by atoms with Crippen molar-refractivity contribution >= 4 is 11.7 Å². The summed E-state index contributed by atoms with van der Waals surface area (Å²) in [7, 11) is 0. The number of hydrogen-bond donors (Lipinski definition) is 1. The van der Waals surface area contributed by atoms with Crippen LogP contribution in [-0.4, -0.2) is 54.1 Å². The topological polar surface area (TPSA) is 48.5 Å². The van der Waals surface area contributed by atoms with Crippen molar-refractivity contribution in [3.05, 3.63) is 59.8 Å². The minimum atomic E-state index is 0.0624. The van der Waals surface area contributed by atoms with Crippen LogP contribution in [-0.2, 0) is 0 Å². The minimum Gasteiger partial charge on any atom is -0.354 e. The quantitative estimate of drug-likeness (QED) is 0.887. The number of anilines is 1. The Bertz CT molecular complexity index is 761. The van der Waals surface area contributed by atoms with E-state index in [0.29, 0.717) is 12.1 Å². The summed E-state index contributed by atoms with van der Waals surface area (Å²) >= 11 is 0. The lowest BCUT2D eigenvalue weighted by atomic mass is 9.89. The normalized spacial score (nSPS) is 23.4. The van der Waals surface area contributed by atoms with E-state index < -0.39 is 0 Å². The molecule has 2 fully saturated rings. The van der Waals surface area contributed by atoms with Crippen LogP contribution in [0.2, 0.25) is 0 Å². The molecule has 2 aliphatic rings. The molecule has 1 aliphatic carbocycles. The van der Waals surface area contributed by atoms with E-state index in [1.54, 1.807) is 0 Å². The maximum atomic E-state index is 12.4. The second-order valence-corrected chi connectivity index (χ2v) is 8.06. The highest BCUT2D eigenvalue weighted by molar-refractivity contribution is 5.94. The average Bonchev–Trinajstić information content (AvgIpc) is 2.75. The zero-order valence-electron chi connectivity index (χ0n) is 16.7. The Kier molecular flexibility index (Phi) is 5.91. The largest absolute Gasteiger partial charge is 0.354 e. The van der Waals surface area contributed by atoms with Gasteiger partial charge >= 0.3 is 0 Å². The SMILES string of the molecule is Cc1ccc(C(=O)NC2CCC(N3CCN(c4ccccn4)CC3)CC2)cc1. The molecule has 0 spiro atoms. The zero-order chi connectivity index (χ0) is 19.3. The second kappa shape index (κ2) is 8.74. The Morgan fingerprint density at radius 1 is 0.964 bits per heavy atom. The first kappa shape index (κ1) is 18.9. The van der Waals surface area contributed by atoms with E-state index in [-0.39, 0.29) is 5.91 Å². The van der Waals surface area contributed by atoms with E-state index >= 15 is 0 Å². The smallest absolute Gasteiger partial charge is 0.251 e. The summed E-state index contributed by atoms with van der Waals surface area (Å²) in [6.45, 7) is 6.32. The van der Waals surface area contributed by atoms with Gasteiger partial charge in [0.2, 0.25) is 0 Å². The Balaban J connectivity index is 1.22. The number of nitrogens with zero attached hydrogens (tertiary/aromatic N) is 3. The molecule has 2 heterocycles. The first-order valence-corrected chi connectivity index (χ1v) is 10.5. The van der Waals surface area contributed by atoms with Gasteiger partial charge in [-0.05, 0) is 56.9 Å². The number of pyridine rings is 1. The third-order valence-corrected chi connectivity index (χ3v) is 6.15. The van der Waals surface area contributed by atoms with Crippen LogP contribution in [0.3, 0.4) is 0 Å². The van der Waals surface area contributed by atoms with Crippen molar-refractivity contribution < 1.29 is 4.79 Å². The molecule has 5 nitrogen and oxygen atoms in total. The number of carbonyl (C=O) groups is 1. The molecule has 0 radical (unpaired) electrons. The molecule has 0 atom stereocenters. The summed E-state index contributed by atoms with van der Waals surface area (Å²) < 4.78 is 0. The van der Waals surface area contributed by atoms with Gasteiger partial charge in [0.05, 0.1) is 0 Å². The molecular formula is C23H30N4O. The molecule has 1 aromatic heterocycles. The highest BCUT2D eigenvalue weighted by Crippen LogP contribution is 2.25. The lowest BCUT2D eigenvalue weighted by molar-refractivity contribution is 0.0899. The first-order chi connectivity index (χ1) is 13.7. The number of aryl methyl sites for hydroxylation is 1. The zero-order valence-corrected chi connectivity index (χ0v) is 16.7. The summed E-state index contributed by atoms with van der Waals surface area (Å²) in [4.78, 5) is 21.9. The summed E-state index contributed by atoms with van der Waals surface area (Å²) in [5.74, 6) is 1.15. The van der Waals surface area contributed by atoms with Gasteiger partial charge in [0, 0.05) is 50.0 Å². The van der Waals surface area contributed by atoms with E-state index in [2.05, 4.69) is 32.2 Å². The lowest BCUT2D eigenvalue weighted by Gasteiger charge is -2.42. The van der Waals surface area contributed by atoms with Crippen LogP contribution in [0.4, 0.5) is 5.82 Å². The molecule has 5 heteroatoms. The average molecular weight is 379 g/mol. The third kappa shape index (κ3) is 4.53. The van der Waals surface area contributed by atoms with Crippen molar-refractivity contribution in [2.45, 2.75) is 44.7 Å². The van der Waals surface area contributed by atoms with Crippen LogP contribution in [0.1, 0.15) is 41.6 Å². The predicted octanol–water partition coefficient (Wildman–Crippen LogP) is 3.25.